The SMILES string of the molecule is CCNC(=O)CN(C1CC1)C1CCNC1.Cl. The van der Waals surface area contributed by atoms with Crippen molar-refractivity contribution < 1.29 is 4.79 Å². The Hall–Kier alpha value is -0.320. The highest BCUT2D eigenvalue weighted by Gasteiger charge is 2.35. The maximum Gasteiger partial charge on any atom is 0.234 e. The number of likely N-dealkylation sites (N-methyl/N-ethyl adjacent to an activating group) is 1. The normalized spacial score (nSPS) is 24.2. The molecule has 0 radical (unpaired) electrons. The molecule has 1 aliphatic carbocycles. The zero-order valence-electron chi connectivity index (χ0n) is 9.87. The number of hydrogen-bond donors (Lipinski definition) is 2. The second-order valence-corrected chi connectivity index (χ2v) is 4.50. The van der Waals surface area contributed by atoms with Crippen molar-refractivity contribution in [1.29, 1.82) is 0 Å². The molecule has 0 bridgehead atoms. The van der Waals surface area contributed by atoms with E-state index in [-0.39, 0.29) is 18.3 Å². The van der Waals surface area contributed by atoms with Gasteiger partial charge in [0.1, 0.15) is 0 Å². The summed E-state index contributed by atoms with van der Waals surface area (Å²) in [6, 6.07) is 1.26. The summed E-state index contributed by atoms with van der Waals surface area (Å²) in [7, 11) is 0. The van der Waals surface area contributed by atoms with Gasteiger partial charge in [-0.05, 0) is 32.7 Å². The van der Waals surface area contributed by atoms with Gasteiger partial charge in [0.05, 0.1) is 6.54 Å². The number of rotatable bonds is 5. The van der Waals surface area contributed by atoms with Crippen LogP contribution in [0.4, 0.5) is 0 Å². The summed E-state index contributed by atoms with van der Waals surface area (Å²) in [5, 5.41) is 6.25. The van der Waals surface area contributed by atoms with Gasteiger partial charge in [0.15, 0.2) is 0 Å². The van der Waals surface area contributed by atoms with Gasteiger partial charge in [-0.1, -0.05) is 0 Å². The molecular formula is C11H22ClN3O. The average Bonchev–Trinajstić information content (AvgIpc) is 2.90. The van der Waals surface area contributed by atoms with Crippen molar-refractivity contribution in [2.45, 2.75) is 38.3 Å². The van der Waals surface area contributed by atoms with Gasteiger partial charge in [-0.2, -0.15) is 0 Å². The molecule has 16 heavy (non-hydrogen) atoms. The van der Waals surface area contributed by atoms with Crippen LogP contribution >= 0.6 is 12.4 Å². The zero-order valence-corrected chi connectivity index (χ0v) is 10.7. The van der Waals surface area contributed by atoms with Gasteiger partial charge in [0.2, 0.25) is 5.91 Å². The first-order valence-corrected chi connectivity index (χ1v) is 6.04. The van der Waals surface area contributed by atoms with Gasteiger partial charge in [0, 0.05) is 25.2 Å². The highest BCUT2D eigenvalue weighted by atomic mass is 35.5. The topological polar surface area (TPSA) is 44.4 Å². The lowest BCUT2D eigenvalue weighted by Crippen LogP contribution is -2.45. The third-order valence-electron chi connectivity index (χ3n) is 3.22. The minimum Gasteiger partial charge on any atom is -0.355 e. The second-order valence-electron chi connectivity index (χ2n) is 4.50. The molecule has 0 aromatic rings. The fourth-order valence-electron chi connectivity index (χ4n) is 2.30. The van der Waals surface area contributed by atoms with E-state index in [2.05, 4.69) is 15.5 Å². The third-order valence-corrected chi connectivity index (χ3v) is 3.22. The minimum atomic E-state index is 0. The van der Waals surface area contributed by atoms with E-state index >= 15 is 0 Å². The van der Waals surface area contributed by atoms with E-state index < -0.39 is 0 Å². The standard InChI is InChI=1S/C11H21N3O.ClH/c1-2-13-11(15)8-14(9-3-4-9)10-5-6-12-7-10;/h9-10,12H,2-8H2,1H3,(H,13,15);1H. The predicted octanol–water partition coefficient (Wildman–Crippen LogP) is 0.371. The molecule has 0 aromatic carbocycles. The first-order valence-electron chi connectivity index (χ1n) is 6.04. The Morgan fingerprint density at radius 2 is 2.12 bits per heavy atom. The first kappa shape index (κ1) is 13.7. The van der Waals surface area contributed by atoms with Crippen LogP contribution in [0.3, 0.4) is 0 Å². The molecule has 1 atom stereocenters. The molecule has 2 rings (SSSR count). The summed E-state index contributed by atoms with van der Waals surface area (Å²) in [5.74, 6) is 0.177. The zero-order chi connectivity index (χ0) is 10.7. The fraction of sp³-hybridized carbons (Fsp3) is 0.909. The van der Waals surface area contributed by atoms with Crippen LogP contribution in [0.2, 0.25) is 0 Å². The molecule has 1 amide bonds. The number of carbonyl (C=O) groups excluding carboxylic acids is 1. The molecule has 1 saturated heterocycles. The maximum atomic E-state index is 11.6. The quantitative estimate of drug-likeness (QED) is 0.738. The van der Waals surface area contributed by atoms with Gasteiger partial charge in [-0.3, -0.25) is 9.69 Å². The van der Waals surface area contributed by atoms with Crippen molar-refractivity contribution in [2.75, 3.05) is 26.2 Å². The molecule has 2 N–H and O–H groups in total. The van der Waals surface area contributed by atoms with Crippen molar-refractivity contribution in [3.05, 3.63) is 0 Å². The van der Waals surface area contributed by atoms with Gasteiger partial charge in [-0.25, -0.2) is 0 Å². The van der Waals surface area contributed by atoms with Crippen LogP contribution in [0, 0.1) is 0 Å². The van der Waals surface area contributed by atoms with Crippen LogP contribution in [0.5, 0.6) is 0 Å². The fourth-order valence-corrected chi connectivity index (χ4v) is 2.30. The summed E-state index contributed by atoms with van der Waals surface area (Å²) >= 11 is 0. The van der Waals surface area contributed by atoms with E-state index in [4.69, 9.17) is 0 Å². The van der Waals surface area contributed by atoms with E-state index in [1.807, 2.05) is 6.92 Å². The van der Waals surface area contributed by atoms with Gasteiger partial charge in [0.25, 0.3) is 0 Å². The number of halogens is 1. The molecule has 0 aromatic heterocycles. The molecule has 5 heteroatoms. The first-order chi connectivity index (χ1) is 7.31. The van der Waals surface area contributed by atoms with Gasteiger partial charge in [-0.15, -0.1) is 12.4 Å². The van der Waals surface area contributed by atoms with Crippen molar-refractivity contribution >= 4 is 18.3 Å². The minimum absolute atomic E-state index is 0. The number of hydrogen-bond acceptors (Lipinski definition) is 3. The highest BCUT2D eigenvalue weighted by Crippen LogP contribution is 2.29. The molecule has 1 aliphatic heterocycles. The number of nitrogens with zero attached hydrogens (tertiary/aromatic N) is 1. The number of carbonyl (C=O) groups is 1. The van der Waals surface area contributed by atoms with E-state index in [0.717, 1.165) is 19.6 Å². The van der Waals surface area contributed by atoms with Gasteiger partial charge >= 0.3 is 0 Å². The van der Waals surface area contributed by atoms with Crippen LogP contribution in [0.1, 0.15) is 26.2 Å². The van der Waals surface area contributed by atoms with Crippen LogP contribution < -0.4 is 10.6 Å². The summed E-state index contributed by atoms with van der Waals surface area (Å²) in [6.07, 6.45) is 3.74. The van der Waals surface area contributed by atoms with Crippen molar-refractivity contribution in [2.24, 2.45) is 0 Å². The van der Waals surface area contributed by atoms with Gasteiger partial charge < -0.3 is 10.6 Å². The highest BCUT2D eigenvalue weighted by molar-refractivity contribution is 5.85. The van der Waals surface area contributed by atoms with E-state index in [1.165, 1.54) is 19.3 Å². The molecule has 1 unspecified atom stereocenters. The van der Waals surface area contributed by atoms with E-state index in [9.17, 15) is 4.79 Å². The van der Waals surface area contributed by atoms with E-state index in [0.29, 0.717) is 18.6 Å². The Labute approximate surface area is 104 Å². The van der Waals surface area contributed by atoms with E-state index in [1.54, 1.807) is 0 Å². The predicted molar refractivity (Wildman–Crippen MR) is 66.9 cm³/mol. The van der Waals surface area contributed by atoms with Crippen molar-refractivity contribution in [3.8, 4) is 0 Å². The Morgan fingerprint density at radius 1 is 1.38 bits per heavy atom. The smallest absolute Gasteiger partial charge is 0.234 e. The van der Waals surface area contributed by atoms with Crippen LogP contribution in [0.25, 0.3) is 0 Å². The summed E-state index contributed by atoms with van der Waals surface area (Å²) < 4.78 is 0. The summed E-state index contributed by atoms with van der Waals surface area (Å²) in [5.41, 5.74) is 0. The Bertz CT molecular complexity index is 227. The Kier molecular flexibility index (Phi) is 5.52. The summed E-state index contributed by atoms with van der Waals surface area (Å²) in [6.45, 7) is 5.45. The number of amides is 1. The second kappa shape index (κ2) is 6.42. The van der Waals surface area contributed by atoms with Crippen LogP contribution in [0.15, 0.2) is 0 Å². The lowest BCUT2D eigenvalue weighted by molar-refractivity contribution is -0.122. The Morgan fingerprint density at radius 3 is 2.62 bits per heavy atom. The molecule has 94 valence electrons. The maximum absolute atomic E-state index is 11.6. The Balaban J connectivity index is 0.00000128. The molecule has 0 spiro atoms. The number of nitrogens with one attached hydrogen (secondary N) is 2. The molecule has 4 nitrogen and oxygen atoms in total. The average molecular weight is 248 g/mol. The lowest BCUT2D eigenvalue weighted by Gasteiger charge is -2.27. The lowest BCUT2D eigenvalue weighted by atomic mass is 10.2. The monoisotopic (exact) mass is 247 g/mol. The molecule has 2 fully saturated rings. The molecule has 1 saturated carbocycles. The van der Waals surface area contributed by atoms with Crippen molar-refractivity contribution in [1.82, 2.24) is 15.5 Å². The molecule has 1 heterocycles. The van der Waals surface area contributed by atoms with Crippen LogP contribution in [-0.4, -0.2) is 49.1 Å². The third kappa shape index (κ3) is 3.61. The largest absolute Gasteiger partial charge is 0.355 e. The molecule has 2 aliphatic rings. The molecular weight excluding hydrogens is 226 g/mol. The van der Waals surface area contributed by atoms with Crippen molar-refractivity contribution in [3.63, 3.8) is 0 Å². The van der Waals surface area contributed by atoms with Crippen LogP contribution in [-0.2, 0) is 4.79 Å². The summed E-state index contributed by atoms with van der Waals surface area (Å²) in [4.78, 5) is 14.0.